The van der Waals surface area contributed by atoms with Crippen LogP contribution < -0.4 is 0 Å². The highest BCUT2D eigenvalue weighted by Crippen LogP contribution is 2.64. The Morgan fingerprint density at radius 3 is 0.900 bits per heavy atom. The minimum absolute atomic E-state index is 0.639. The van der Waals surface area contributed by atoms with E-state index >= 15 is 0 Å². The fourth-order valence-corrected chi connectivity index (χ4v) is 2.31. The molecule has 0 rings (SSSR count). The topological polar surface area (TPSA) is 0 Å². The Hall–Kier alpha value is -0.460. The average molecular weight is 602 g/mol. The number of hydrogen-bond acceptors (Lipinski definition) is 0. The van der Waals surface area contributed by atoms with Gasteiger partial charge in [-0.25, -0.2) is 0 Å². The summed E-state index contributed by atoms with van der Waals surface area (Å²) in [6.07, 6.45) is -10.2. The maximum atomic E-state index is 13.5. The van der Waals surface area contributed by atoms with Gasteiger partial charge in [0.2, 0.25) is 0 Å². The summed E-state index contributed by atoms with van der Waals surface area (Å²) in [6.45, 7) is 1.28. The molecular formula is C12H8F17I. The fraction of sp³-hybridized carbons (Fsp3) is 1.00. The summed E-state index contributed by atoms with van der Waals surface area (Å²) in [5.41, 5.74) is 0. The van der Waals surface area contributed by atoms with Crippen LogP contribution in [0, 0.1) is 0 Å². The summed E-state index contributed by atoms with van der Waals surface area (Å²) in [5, 5.41) is 0. The number of hydrogen-bond donors (Lipinski definition) is 0. The van der Waals surface area contributed by atoms with Gasteiger partial charge in [-0.15, -0.1) is 0 Å². The minimum atomic E-state index is -8.58. The van der Waals surface area contributed by atoms with Crippen molar-refractivity contribution in [3.8, 4) is 0 Å². The van der Waals surface area contributed by atoms with E-state index in [4.69, 9.17) is 0 Å². The SMILES string of the molecule is CC(C)(I)CC(F)(F)C(F)(F)C(F)(F)C(F)(F)C(F)(F)C(F)(F)C(F)(F)C(F)(F)F. The molecule has 30 heavy (non-hydrogen) atoms. The summed E-state index contributed by atoms with van der Waals surface area (Å²) in [4.78, 5) is 0. The first-order chi connectivity index (χ1) is 12.5. The van der Waals surface area contributed by atoms with E-state index in [1.807, 2.05) is 0 Å². The van der Waals surface area contributed by atoms with Crippen LogP contribution in [0.4, 0.5) is 74.6 Å². The molecule has 0 bridgehead atoms. The van der Waals surface area contributed by atoms with Crippen LogP contribution in [0.15, 0.2) is 0 Å². The quantitative estimate of drug-likeness (QED) is 0.153. The van der Waals surface area contributed by atoms with Crippen LogP contribution >= 0.6 is 22.6 Å². The predicted molar refractivity (Wildman–Crippen MR) is 73.4 cm³/mol. The van der Waals surface area contributed by atoms with Gasteiger partial charge in [0.15, 0.2) is 0 Å². The summed E-state index contributed by atoms with van der Waals surface area (Å²) >= 11 is 0.901. The second-order valence-corrected chi connectivity index (χ2v) is 9.46. The van der Waals surface area contributed by atoms with Crippen molar-refractivity contribution in [2.75, 3.05) is 0 Å². The van der Waals surface area contributed by atoms with Crippen LogP contribution in [0.25, 0.3) is 0 Å². The molecule has 0 aliphatic rings. The third-order valence-corrected chi connectivity index (χ3v) is 3.81. The van der Waals surface area contributed by atoms with Crippen LogP contribution in [-0.4, -0.2) is 51.1 Å². The van der Waals surface area contributed by atoms with Crippen molar-refractivity contribution in [1.29, 1.82) is 0 Å². The highest BCUT2D eigenvalue weighted by atomic mass is 127. The molecule has 0 radical (unpaired) electrons. The van der Waals surface area contributed by atoms with Crippen molar-refractivity contribution < 1.29 is 74.6 Å². The van der Waals surface area contributed by atoms with E-state index in [9.17, 15) is 74.6 Å². The lowest BCUT2D eigenvalue weighted by Gasteiger charge is -2.43. The summed E-state index contributed by atoms with van der Waals surface area (Å²) < 4.78 is 219. The second kappa shape index (κ2) is 7.28. The van der Waals surface area contributed by atoms with Crippen molar-refractivity contribution in [1.82, 2.24) is 0 Å². The van der Waals surface area contributed by atoms with Gasteiger partial charge in [-0.1, -0.05) is 36.4 Å². The highest BCUT2D eigenvalue weighted by Gasteiger charge is 2.95. The van der Waals surface area contributed by atoms with E-state index in [0.29, 0.717) is 13.8 Å². The van der Waals surface area contributed by atoms with Gasteiger partial charge < -0.3 is 0 Å². The number of halogens is 18. The van der Waals surface area contributed by atoms with E-state index in [1.54, 1.807) is 0 Å². The van der Waals surface area contributed by atoms with Gasteiger partial charge in [0.05, 0.1) is 0 Å². The van der Waals surface area contributed by atoms with Crippen LogP contribution in [0.2, 0.25) is 0 Å². The molecule has 0 spiro atoms. The largest absolute Gasteiger partial charge is 0.460 e. The van der Waals surface area contributed by atoms with Crippen molar-refractivity contribution in [2.24, 2.45) is 0 Å². The summed E-state index contributed by atoms with van der Waals surface area (Å²) in [7, 11) is 0. The smallest absolute Gasteiger partial charge is 0.200 e. The zero-order valence-corrected chi connectivity index (χ0v) is 16.2. The highest BCUT2D eigenvalue weighted by molar-refractivity contribution is 14.1. The minimum Gasteiger partial charge on any atom is -0.200 e. The van der Waals surface area contributed by atoms with Gasteiger partial charge in [-0.2, -0.15) is 74.6 Å². The van der Waals surface area contributed by atoms with Gasteiger partial charge in [0.1, 0.15) is 0 Å². The van der Waals surface area contributed by atoms with Gasteiger partial charge >= 0.3 is 47.6 Å². The molecule has 0 atom stereocenters. The average Bonchev–Trinajstić information content (AvgIpc) is 2.41. The van der Waals surface area contributed by atoms with E-state index in [0.717, 1.165) is 22.6 Å². The fourth-order valence-electron chi connectivity index (χ4n) is 1.84. The molecule has 0 nitrogen and oxygen atoms in total. The molecule has 0 heterocycles. The van der Waals surface area contributed by atoms with Gasteiger partial charge in [0, 0.05) is 9.84 Å². The Morgan fingerprint density at radius 2 is 0.667 bits per heavy atom. The maximum Gasteiger partial charge on any atom is 0.460 e. The molecule has 0 fully saturated rings. The van der Waals surface area contributed by atoms with Gasteiger partial charge in [-0.3, -0.25) is 0 Å². The van der Waals surface area contributed by atoms with Crippen LogP contribution in [0.1, 0.15) is 20.3 Å². The zero-order chi connectivity index (χ0) is 25.2. The standard InChI is InChI=1S/C12H8F17I/c1-4(2,30)3-5(13,14)6(15,16)7(17,18)8(19,20)9(21,22)10(23,24)11(25,26)12(27,28)29/h3H2,1-2H3. The molecule has 0 N–H and O–H groups in total. The first kappa shape index (κ1) is 29.5. The van der Waals surface area contributed by atoms with Crippen molar-refractivity contribution >= 4 is 22.6 Å². The van der Waals surface area contributed by atoms with Crippen LogP contribution in [-0.2, 0) is 0 Å². The molecule has 0 aromatic rings. The van der Waals surface area contributed by atoms with Crippen LogP contribution in [0.5, 0.6) is 0 Å². The monoisotopic (exact) mass is 602 g/mol. The Labute approximate surface area is 169 Å². The molecule has 18 heteroatoms. The lowest BCUT2D eigenvalue weighted by Crippen LogP contribution is -2.74. The molecular weight excluding hydrogens is 594 g/mol. The maximum absolute atomic E-state index is 13.5. The van der Waals surface area contributed by atoms with Crippen LogP contribution in [0.3, 0.4) is 0 Å². The van der Waals surface area contributed by atoms with Crippen molar-refractivity contribution in [3.63, 3.8) is 0 Å². The number of rotatable bonds is 8. The lowest BCUT2D eigenvalue weighted by molar-refractivity contribution is -0.461. The van der Waals surface area contributed by atoms with E-state index in [-0.39, 0.29) is 0 Å². The van der Waals surface area contributed by atoms with Crippen molar-refractivity contribution in [2.45, 2.75) is 71.3 Å². The Morgan fingerprint density at radius 1 is 0.433 bits per heavy atom. The zero-order valence-electron chi connectivity index (χ0n) is 14.0. The van der Waals surface area contributed by atoms with E-state index < -0.39 is 57.5 Å². The van der Waals surface area contributed by atoms with Gasteiger partial charge in [-0.05, 0) is 0 Å². The molecule has 0 aliphatic carbocycles. The van der Waals surface area contributed by atoms with E-state index in [1.165, 1.54) is 0 Å². The molecule has 0 unspecified atom stereocenters. The Kier molecular flexibility index (Phi) is 7.17. The third-order valence-electron chi connectivity index (χ3n) is 3.43. The Bertz CT molecular complexity index is 624. The number of alkyl halides is 18. The predicted octanol–water partition coefficient (Wildman–Crippen LogP) is 7.60. The van der Waals surface area contributed by atoms with Gasteiger partial charge in [0.25, 0.3) is 0 Å². The molecule has 182 valence electrons. The lowest BCUT2D eigenvalue weighted by atomic mass is 9.87. The first-order valence-corrected chi connectivity index (χ1v) is 7.94. The second-order valence-electron chi connectivity index (χ2n) is 6.54. The molecule has 0 aliphatic heterocycles. The molecule has 0 aromatic heterocycles. The van der Waals surface area contributed by atoms with Crippen molar-refractivity contribution in [3.05, 3.63) is 0 Å². The van der Waals surface area contributed by atoms with E-state index in [2.05, 4.69) is 0 Å². The molecule has 0 saturated carbocycles. The summed E-state index contributed by atoms with van der Waals surface area (Å²) in [6, 6.07) is 0. The first-order valence-electron chi connectivity index (χ1n) is 6.86. The summed E-state index contributed by atoms with van der Waals surface area (Å²) in [5.74, 6) is -55.9. The molecule has 0 saturated heterocycles. The molecule has 0 aromatic carbocycles. The normalized spacial score (nSPS) is 16.8. The third kappa shape index (κ3) is 4.13. The molecule has 0 amide bonds. The Balaban J connectivity index is 6.70.